The summed E-state index contributed by atoms with van der Waals surface area (Å²) in [4.78, 5) is 5.46. The lowest BCUT2D eigenvalue weighted by molar-refractivity contribution is -0.0109. The third kappa shape index (κ3) is 4.09. The zero-order valence-electron chi connectivity index (χ0n) is 15.4. The van der Waals surface area contributed by atoms with Crippen molar-refractivity contribution in [2.75, 3.05) is 59.7 Å². The summed E-state index contributed by atoms with van der Waals surface area (Å²) in [5, 5.41) is 0. The SMILES string of the molecule is COC[C@H]1CN(CC(C)C)CC12CCN(C1CCOCC1)CC2. The number of hydrogen-bond acceptors (Lipinski definition) is 4. The van der Waals surface area contributed by atoms with E-state index in [1.54, 1.807) is 0 Å². The summed E-state index contributed by atoms with van der Waals surface area (Å²) in [5.41, 5.74) is 0.507. The van der Waals surface area contributed by atoms with Gasteiger partial charge in [-0.1, -0.05) is 13.8 Å². The van der Waals surface area contributed by atoms with E-state index >= 15 is 0 Å². The summed E-state index contributed by atoms with van der Waals surface area (Å²) >= 11 is 0. The third-order valence-electron chi connectivity index (χ3n) is 6.38. The van der Waals surface area contributed by atoms with Crippen molar-refractivity contribution in [2.45, 2.75) is 45.6 Å². The quantitative estimate of drug-likeness (QED) is 0.776. The topological polar surface area (TPSA) is 24.9 Å². The molecule has 3 aliphatic heterocycles. The second-order valence-electron chi connectivity index (χ2n) is 8.48. The van der Waals surface area contributed by atoms with Gasteiger partial charge in [0.2, 0.25) is 0 Å². The van der Waals surface area contributed by atoms with Gasteiger partial charge < -0.3 is 19.3 Å². The maximum absolute atomic E-state index is 5.59. The van der Waals surface area contributed by atoms with Crippen LogP contribution in [0, 0.1) is 17.3 Å². The van der Waals surface area contributed by atoms with Crippen molar-refractivity contribution in [2.24, 2.45) is 17.3 Å². The van der Waals surface area contributed by atoms with Gasteiger partial charge in [-0.2, -0.15) is 0 Å². The molecule has 4 nitrogen and oxygen atoms in total. The van der Waals surface area contributed by atoms with Crippen molar-refractivity contribution in [3.05, 3.63) is 0 Å². The van der Waals surface area contributed by atoms with Crippen LogP contribution in [0.15, 0.2) is 0 Å². The van der Waals surface area contributed by atoms with Crippen LogP contribution >= 0.6 is 0 Å². The second kappa shape index (κ2) is 7.81. The van der Waals surface area contributed by atoms with Crippen molar-refractivity contribution in [1.29, 1.82) is 0 Å². The first-order valence-corrected chi connectivity index (χ1v) is 9.66. The molecule has 0 aromatic heterocycles. The van der Waals surface area contributed by atoms with Crippen LogP contribution in [0.25, 0.3) is 0 Å². The fourth-order valence-corrected chi connectivity index (χ4v) is 5.18. The maximum atomic E-state index is 5.59. The first kappa shape index (κ1) is 17.7. The smallest absolute Gasteiger partial charge is 0.0508 e. The fourth-order valence-electron chi connectivity index (χ4n) is 5.18. The van der Waals surface area contributed by atoms with E-state index in [1.165, 1.54) is 58.4 Å². The molecule has 1 atom stereocenters. The predicted octanol–water partition coefficient (Wildman–Crippen LogP) is 2.48. The van der Waals surface area contributed by atoms with Crippen LogP contribution in [0.3, 0.4) is 0 Å². The molecule has 0 radical (unpaired) electrons. The molecule has 0 bridgehead atoms. The molecule has 0 N–H and O–H groups in total. The predicted molar refractivity (Wildman–Crippen MR) is 93.7 cm³/mol. The minimum Gasteiger partial charge on any atom is -0.384 e. The van der Waals surface area contributed by atoms with Gasteiger partial charge in [-0.25, -0.2) is 0 Å². The molecule has 0 unspecified atom stereocenters. The third-order valence-corrected chi connectivity index (χ3v) is 6.38. The molecule has 134 valence electrons. The van der Waals surface area contributed by atoms with E-state index < -0.39 is 0 Å². The molecule has 0 aliphatic carbocycles. The van der Waals surface area contributed by atoms with E-state index in [1.807, 2.05) is 7.11 Å². The summed E-state index contributed by atoms with van der Waals surface area (Å²) in [6.45, 7) is 13.9. The zero-order valence-corrected chi connectivity index (χ0v) is 15.4. The number of ether oxygens (including phenoxy) is 2. The van der Waals surface area contributed by atoms with Crippen molar-refractivity contribution < 1.29 is 9.47 Å². The Hall–Kier alpha value is -0.160. The first-order valence-electron chi connectivity index (χ1n) is 9.66. The second-order valence-corrected chi connectivity index (χ2v) is 8.48. The molecule has 0 aromatic rings. The van der Waals surface area contributed by atoms with Crippen molar-refractivity contribution in [3.63, 3.8) is 0 Å². The Labute approximate surface area is 142 Å². The van der Waals surface area contributed by atoms with Gasteiger partial charge in [-0.05, 0) is 50.1 Å². The summed E-state index contributed by atoms with van der Waals surface area (Å²) < 4.78 is 11.1. The summed E-state index contributed by atoms with van der Waals surface area (Å²) in [5.74, 6) is 1.48. The molecule has 1 spiro atoms. The van der Waals surface area contributed by atoms with E-state index in [-0.39, 0.29) is 0 Å². The van der Waals surface area contributed by atoms with E-state index in [9.17, 15) is 0 Å². The van der Waals surface area contributed by atoms with Crippen LogP contribution in [-0.2, 0) is 9.47 Å². The Morgan fingerprint density at radius 3 is 2.48 bits per heavy atom. The highest BCUT2D eigenvalue weighted by atomic mass is 16.5. The Kier molecular flexibility index (Phi) is 6.00. The number of methoxy groups -OCH3 is 1. The minimum absolute atomic E-state index is 0.507. The van der Waals surface area contributed by atoms with Crippen LogP contribution in [-0.4, -0.2) is 75.5 Å². The summed E-state index contributed by atoms with van der Waals surface area (Å²) in [7, 11) is 1.87. The van der Waals surface area contributed by atoms with Gasteiger partial charge in [0.1, 0.15) is 0 Å². The average Bonchev–Trinajstić information content (AvgIpc) is 2.85. The lowest BCUT2D eigenvalue weighted by Gasteiger charge is -2.46. The van der Waals surface area contributed by atoms with Crippen LogP contribution in [0.5, 0.6) is 0 Å². The Morgan fingerprint density at radius 1 is 1.17 bits per heavy atom. The number of nitrogens with zero attached hydrogens (tertiary/aromatic N) is 2. The van der Waals surface area contributed by atoms with Crippen molar-refractivity contribution in [3.8, 4) is 0 Å². The van der Waals surface area contributed by atoms with Crippen molar-refractivity contribution >= 4 is 0 Å². The molecule has 4 heteroatoms. The largest absolute Gasteiger partial charge is 0.384 e. The Bertz CT molecular complexity index is 360. The average molecular weight is 325 g/mol. The zero-order chi connectivity index (χ0) is 16.3. The van der Waals surface area contributed by atoms with E-state index in [4.69, 9.17) is 9.47 Å². The van der Waals surface area contributed by atoms with Gasteiger partial charge in [0.05, 0.1) is 6.61 Å². The number of likely N-dealkylation sites (tertiary alicyclic amines) is 2. The highest BCUT2D eigenvalue weighted by Crippen LogP contribution is 2.45. The first-order chi connectivity index (χ1) is 11.1. The highest BCUT2D eigenvalue weighted by molar-refractivity contribution is 5.00. The summed E-state index contributed by atoms with van der Waals surface area (Å²) in [6, 6.07) is 0.773. The van der Waals surface area contributed by atoms with Gasteiger partial charge >= 0.3 is 0 Å². The molecule has 3 saturated heterocycles. The molecular formula is C19H36N2O2. The molecule has 3 heterocycles. The number of piperidine rings is 1. The fraction of sp³-hybridized carbons (Fsp3) is 1.00. The van der Waals surface area contributed by atoms with Gasteiger partial charge in [-0.15, -0.1) is 0 Å². The molecule has 23 heavy (non-hydrogen) atoms. The molecule has 3 fully saturated rings. The molecule has 0 aromatic carbocycles. The van der Waals surface area contributed by atoms with Crippen LogP contribution < -0.4 is 0 Å². The van der Waals surface area contributed by atoms with Crippen LogP contribution in [0.1, 0.15) is 39.5 Å². The standard InChI is InChI=1S/C19H36N2O2/c1-16(2)12-20-13-17(14-22-3)19(15-20)6-8-21(9-7-19)18-4-10-23-11-5-18/h16-18H,4-15H2,1-3H3/t17-/m1/s1. The number of hydrogen-bond donors (Lipinski definition) is 0. The van der Waals surface area contributed by atoms with E-state index in [2.05, 4.69) is 23.6 Å². The molecule has 3 aliphatic rings. The van der Waals surface area contributed by atoms with Crippen molar-refractivity contribution in [1.82, 2.24) is 9.80 Å². The maximum Gasteiger partial charge on any atom is 0.0508 e. The minimum atomic E-state index is 0.507. The van der Waals surface area contributed by atoms with Gasteiger partial charge in [0, 0.05) is 51.9 Å². The molecular weight excluding hydrogens is 288 g/mol. The normalized spacial score (nSPS) is 30.5. The monoisotopic (exact) mass is 324 g/mol. The Morgan fingerprint density at radius 2 is 1.87 bits per heavy atom. The highest BCUT2D eigenvalue weighted by Gasteiger charge is 2.48. The van der Waals surface area contributed by atoms with Crippen LogP contribution in [0.4, 0.5) is 0 Å². The van der Waals surface area contributed by atoms with Gasteiger partial charge in [0.15, 0.2) is 0 Å². The molecule has 0 saturated carbocycles. The molecule has 3 rings (SSSR count). The number of rotatable bonds is 5. The molecule has 0 amide bonds. The van der Waals surface area contributed by atoms with E-state index in [0.29, 0.717) is 5.41 Å². The summed E-state index contributed by atoms with van der Waals surface area (Å²) in [6.07, 6.45) is 5.17. The van der Waals surface area contributed by atoms with E-state index in [0.717, 1.165) is 37.7 Å². The Balaban J connectivity index is 1.59. The van der Waals surface area contributed by atoms with Crippen LogP contribution in [0.2, 0.25) is 0 Å². The lowest BCUT2D eigenvalue weighted by atomic mass is 9.71. The van der Waals surface area contributed by atoms with Gasteiger partial charge in [0.25, 0.3) is 0 Å². The lowest BCUT2D eigenvalue weighted by Crippen LogP contribution is -2.50. The van der Waals surface area contributed by atoms with Gasteiger partial charge in [-0.3, -0.25) is 0 Å².